The summed E-state index contributed by atoms with van der Waals surface area (Å²) >= 11 is 1.34. The Morgan fingerprint density at radius 2 is 2.38 bits per heavy atom. The third-order valence-electron chi connectivity index (χ3n) is 2.77. The lowest BCUT2D eigenvalue weighted by Gasteiger charge is -2.05. The van der Waals surface area contributed by atoms with Crippen LogP contribution in [0.1, 0.15) is 36.3 Å². The van der Waals surface area contributed by atoms with Gasteiger partial charge in [0.15, 0.2) is 0 Å². The van der Waals surface area contributed by atoms with Crippen molar-refractivity contribution in [3.8, 4) is 0 Å². The normalized spacial score (nSPS) is 22.9. The summed E-state index contributed by atoms with van der Waals surface area (Å²) in [4.78, 5) is 11.7. The molecule has 5 heteroatoms. The first kappa shape index (κ1) is 11.4. The molecule has 0 radical (unpaired) electrons. The third kappa shape index (κ3) is 2.19. The molecule has 1 aliphatic carbocycles. The van der Waals surface area contributed by atoms with Gasteiger partial charge in [0.2, 0.25) is 0 Å². The molecule has 2 atom stereocenters. The maximum Gasteiger partial charge on any atom is 0.343 e. The van der Waals surface area contributed by atoms with Gasteiger partial charge in [-0.1, -0.05) is 6.92 Å². The number of hydrogen-bond donors (Lipinski definition) is 1. The molecule has 16 heavy (non-hydrogen) atoms. The number of aromatic nitrogens is 1. The van der Waals surface area contributed by atoms with Crippen LogP contribution in [-0.2, 0) is 4.74 Å². The molecule has 4 nitrogen and oxygen atoms in total. The van der Waals surface area contributed by atoms with Crippen molar-refractivity contribution < 1.29 is 9.53 Å². The smallest absolute Gasteiger partial charge is 0.343 e. The quantitative estimate of drug-likeness (QED) is 0.821. The molecular formula is C11H16N2O2S. The lowest BCUT2D eigenvalue weighted by Crippen LogP contribution is -2.10. The van der Waals surface area contributed by atoms with E-state index in [1.807, 2.05) is 13.8 Å². The van der Waals surface area contributed by atoms with E-state index in [0.29, 0.717) is 24.1 Å². The Kier molecular flexibility index (Phi) is 3.14. The Balaban J connectivity index is 2.15. The molecule has 2 rings (SSSR count). The van der Waals surface area contributed by atoms with Gasteiger partial charge in [-0.05, 0) is 37.7 Å². The highest BCUT2D eigenvalue weighted by molar-refractivity contribution is 7.10. The molecule has 1 N–H and O–H groups in total. The molecule has 0 amide bonds. The van der Waals surface area contributed by atoms with Crippen molar-refractivity contribution in [1.29, 1.82) is 0 Å². The summed E-state index contributed by atoms with van der Waals surface area (Å²) in [6.07, 6.45) is 1.17. The number of hydrogen-bond acceptors (Lipinski definition) is 5. The molecule has 0 spiro atoms. The van der Waals surface area contributed by atoms with Crippen molar-refractivity contribution in [2.24, 2.45) is 5.92 Å². The minimum absolute atomic E-state index is 0.274. The van der Waals surface area contributed by atoms with E-state index < -0.39 is 0 Å². The topological polar surface area (TPSA) is 51.2 Å². The second-order valence-electron chi connectivity index (χ2n) is 4.16. The predicted molar refractivity (Wildman–Crippen MR) is 64.0 cm³/mol. The molecule has 0 saturated heterocycles. The molecule has 1 aromatic heterocycles. The zero-order chi connectivity index (χ0) is 11.7. The summed E-state index contributed by atoms with van der Waals surface area (Å²) in [5.41, 5.74) is 1.35. The number of nitrogens with one attached hydrogen (secondary N) is 1. The summed E-state index contributed by atoms with van der Waals surface area (Å²) in [7, 11) is 0. The Bertz CT molecular complexity index is 403. The minimum Gasteiger partial charge on any atom is -0.462 e. The van der Waals surface area contributed by atoms with Gasteiger partial charge in [0, 0.05) is 6.04 Å². The van der Waals surface area contributed by atoms with E-state index in [2.05, 4.69) is 16.6 Å². The van der Waals surface area contributed by atoms with Gasteiger partial charge in [0.05, 0.1) is 12.3 Å². The van der Waals surface area contributed by atoms with E-state index in [1.54, 1.807) is 0 Å². The van der Waals surface area contributed by atoms with Crippen molar-refractivity contribution in [2.45, 2.75) is 33.2 Å². The molecule has 1 aliphatic rings. The second kappa shape index (κ2) is 4.41. The largest absolute Gasteiger partial charge is 0.462 e. The van der Waals surface area contributed by atoms with Crippen LogP contribution >= 0.6 is 11.5 Å². The van der Waals surface area contributed by atoms with Crippen LogP contribution in [0.15, 0.2) is 0 Å². The highest BCUT2D eigenvalue weighted by Gasteiger charge is 2.34. The van der Waals surface area contributed by atoms with Gasteiger partial charge in [-0.25, -0.2) is 4.79 Å². The molecule has 2 unspecified atom stereocenters. The monoisotopic (exact) mass is 240 g/mol. The molecule has 0 bridgehead atoms. The number of aryl methyl sites for hydroxylation is 1. The number of anilines is 1. The van der Waals surface area contributed by atoms with Crippen LogP contribution in [0.2, 0.25) is 0 Å². The van der Waals surface area contributed by atoms with Gasteiger partial charge in [0.1, 0.15) is 10.6 Å². The van der Waals surface area contributed by atoms with E-state index in [-0.39, 0.29) is 5.97 Å². The number of nitrogens with zero attached hydrogens (tertiary/aromatic N) is 1. The summed E-state index contributed by atoms with van der Waals surface area (Å²) in [6.45, 7) is 6.23. The number of carbonyl (C=O) groups excluding carboxylic acids is 1. The van der Waals surface area contributed by atoms with Crippen LogP contribution in [0.3, 0.4) is 0 Å². The molecular weight excluding hydrogens is 224 g/mol. The molecule has 1 aromatic rings. The third-order valence-corrected chi connectivity index (χ3v) is 3.64. The fraction of sp³-hybridized carbons (Fsp3) is 0.636. The average Bonchev–Trinajstić information content (AvgIpc) is 2.77. The summed E-state index contributed by atoms with van der Waals surface area (Å²) < 4.78 is 9.23. The van der Waals surface area contributed by atoms with Crippen LogP contribution in [0, 0.1) is 12.8 Å². The van der Waals surface area contributed by atoms with E-state index in [0.717, 1.165) is 10.7 Å². The highest BCUT2D eigenvalue weighted by atomic mass is 32.1. The fourth-order valence-electron chi connectivity index (χ4n) is 1.60. The molecule has 0 aliphatic heterocycles. The van der Waals surface area contributed by atoms with E-state index in [9.17, 15) is 4.79 Å². The molecule has 1 heterocycles. The van der Waals surface area contributed by atoms with Gasteiger partial charge in [-0.15, -0.1) is 0 Å². The first-order valence-electron chi connectivity index (χ1n) is 5.53. The number of esters is 1. The Labute approximate surface area is 99.2 Å². The van der Waals surface area contributed by atoms with Gasteiger partial charge in [-0.3, -0.25) is 0 Å². The maximum atomic E-state index is 11.7. The van der Waals surface area contributed by atoms with Gasteiger partial charge in [0.25, 0.3) is 0 Å². The number of carbonyl (C=O) groups is 1. The van der Waals surface area contributed by atoms with Crippen molar-refractivity contribution in [3.05, 3.63) is 11.3 Å². The Morgan fingerprint density at radius 1 is 1.69 bits per heavy atom. The molecule has 0 aromatic carbocycles. The van der Waals surface area contributed by atoms with Crippen LogP contribution in [0.4, 0.5) is 5.00 Å². The first-order valence-corrected chi connectivity index (χ1v) is 6.30. The van der Waals surface area contributed by atoms with Crippen LogP contribution in [0.5, 0.6) is 0 Å². The Hall–Kier alpha value is -1.10. The van der Waals surface area contributed by atoms with Crippen LogP contribution < -0.4 is 5.32 Å². The Morgan fingerprint density at radius 3 is 2.94 bits per heavy atom. The second-order valence-corrected chi connectivity index (χ2v) is 4.93. The van der Waals surface area contributed by atoms with Crippen molar-refractivity contribution in [3.63, 3.8) is 0 Å². The number of ether oxygens (including phenoxy) is 1. The van der Waals surface area contributed by atoms with Crippen molar-refractivity contribution in [2.75, 3.05) is 11.9 Å². The van der Waals surface area contributed by atoms with Gasteiger partial charge < -0.3 is 10.1 Å². The molecule has 88 valence electrons. The fourth-order valence-corrected chi connectivity index (χ4v) is 2.45. The van der Waals surface area contributed by atoms with Crippen molar-refractivity contribution in [1.82, 2.24) is 4.37 Å². The zero-order valence-electron chi connectivity index (χ0n) is 9.74. The lowest BCUT2D eigenvalue weighted by molar-refractivity contribution is 0.0527. The van der Waals surface area contributed by atoms with Gasteiger partial charge >= 0.3 is 5.97 Å². The SMILES string of the molecule is CCOC(=O)c1c(C)nsc1NC1CC1C. The maximum absolute atomic E-state index is 11.7. The number of rotatable bonds is 4. The summed E-state index contributed by atoms with van der Waals surface area (Å²) in [6, 6.07) is 0.494. The zero-order valence-corrected chi connectivity index (χ0v) is 10.6. The van der Waals surface area contributed by atoms with E-state index in [1.165, 1.54) is 18.0 Å². The van der Waals surface area contributed by atoms with Crippen LogP contribution in [0.25, 0.3) is 0 Å². The summed E-state index contributed by atoms with van der Waals surface area (Å²) in [5.74, 6) is 0.419. The van der Waals surface area contributed by atoms with Crippen LogP contribution in [-0.4, -0.2) is 23.0 Å². The standard InChI is InChI=1S/C11H16N2O2S/c1-4-15-11(14)9-7(3)13-16-10(9)12-8-5-6(8)2/h6,8,12H,4-5H2,1-3H3. The molecule has 1 fully saturated rings. The minimum atomic E-state index is -0.274. The van der Waals surface area contributed by atoms with Gasteiger partial charge in [-0.2, -0.15) is 4.37 Å². The highest BCUT2D eigenvalue weighted by Crippen LogP contribution is 2.36. The average molecular weight is 240 g/mol. The lowest BCUT2D eigenvalue weighted by atomic mass is 10.2. The first-order chi connectivity index (χ1) is 7.63. The predicted octanol–water partition coefficient (Wildman–Crippen LogP) is 2.45. The van der Waals surface area contributed by atoms with Crippen molar-refractivity contribution >= 4 is 22.5 Å². The van der Waals surface area contributed by atoms with E-state index >= 15 is 0 Å². The summed E-state index contributed by atoms with van der Waals surface area (Å²) in [5, 5.41) is 4.20. The molecule has 1 saturated carbocycles. The van der Waals surface area contributed by atoms with E-state index in [4.69, 9.17) is 4.74 Å².